The van der Waals surface area contributed by atoms with Crippen molar-refractivity contribution in [3.8, 4) is 0 Å². The van der Waals surface area contributed by atoms with Crippen LogP contribution in [0.4, 0.5) is 0 Å². The first-order valence-electron chi connectivity index (χ1n) is 7.00. The van der Waals surface area contributed by atoms with Crippen molar-refractivity contribution in [2.75, 3.05) is 0 Å². The highest BCUT2D eigenvalue weighted by Crippen LogP contribution is 2.40. The van der Waals surface area contributed by atoms with Gasteiger partial charge in [0.25, 0.3) is 0 Å². The van der Waals surface area contributed by atoms with E-state index in [1.54, 1.807) is 10.4 Å². The second-order valence-corrected chi connectivity index (χ2v) is 7.72. The van der Waals surface area contributed by atoms with E-state index in [-0.39, 0.29) is 0 Å². The maximum Gasteiger partial charge on any atom is 0.0738 e. The van der Waals surface area contributed by atoms with Crippen LogP contribution >= 0.6 is 27.3 Å². The van der Waals surface area contributed by atoms with Crippen molar-refractivity contribution < 1.29 is 0 Å². The Labute approximate surface area is 128 Å². The molecule has 0 aliphatic heterocycles. The van der Waals surface area contributed by atoms with Gasteiger partial charge in [0, 0.05) is 9.75 Å². The predicted molar refractivity (Wildman–Crippen MR) is 87.6 cm³/mol. The summed E-state index contributed by atoms with van der Waals surface area (Å²) in [6.45, 7) is 4.48. The molecule has 0 radical (unpaired) electrons. The standard InChI is InChI=1S/C17H19BrS/c1-11(2)12-6-8-13(9-7-12)17(18)16-10-14-4-3-5-15(14)19-16/h6-11,17H,3-5H2,1-2H3. The minimum absolute atomic E-state index is 0.351. The SMILES string of the molecule is CC(C)c1ccc(C(Br)c2cc3c(s2)CCC3)cc1. The molecule has 2 heteroatoms. The zero-order valence-corrected chi connectivity index (χ0v) is 13.9. The molecule has 0 bridgehead atoms. The van der Waals surface area contributed by atoms with Crippen molar-refractivity contribution in [3.63, 3.8) is 0 Å². The molecule has 1 aromatic carbocycles. The molecule has 19 heavy (non-hydrogen) atoms. The molecule has 0 nitrogen and oxygen atoms in total. The first-order chi connectivity index (χ1) is 9.15. The Morgan fingerprint density at radius 2 is 1.74 bits per heavy atom. The maximum absolute atomic E-state index is 3.87. The number of rotatable bonds is 3. The molecule has 1 aliphatic carbocycles. The van der Waals surface area contributed by atoms with Crippen molar-refractivity contribution in [2.45, 2.75) is 43.9 Å². The number of thiophene rings is 1. The average Bonchev–Trinajstić information content (AvgIpc) is 2.98. The molecular formula is C17H19BrS. The number of fused-ring (bicyclic) bond motifs is 1. The first kappa shape index (κ1) is 13.4. The van der Waals surface area contributed by atoms with Gasteiger partial charge in [0.1, 0.15) is 0 Å². The third-order valence-corrected chi connectivity index (χ3v) is 6.54. The van der Waals surface area contributed by atoms with Crippen molar-refractivity contribution in [1.29, 1.82) is 0 Å². The molecule has 0 saturated heterocycles. The molecule has 1 heterocycles. The highest BCUT2D eigenvalue weighted by Gasteiger charge is 2.19. The number of hydrogen-bond acceptors (Lipinski definition) is 1. The second-order valence-electron chi connectivity index (χ2n) is 5.63. The van der Waals surface area contributed by atoms with Crippen LogP contribution in [0, 0.1) is 0 Å². The summed E-state index contributed by atoms with van der Waals surface area (Å²) < 4.78 is 0. The number of halogens is 1. The maximum atomic E-state index is 3.87. The molecule has 1 atom stereocenters. The summed E-state index contributed by atoms with van der Waals surface area (Å²) in [5, 5.41) is 0. The quantitative estimate of drug-likeness (QED) is 0.618. The van der Waals surface area contributed by atoms with E-state index in [1.807, 2.05) is 11.3 Å². The average molecular weight is 335 g/mol. The molecule has 1 aliphatic rings. The fourth-order valence-corrected chi connectivity index (χ4v) is 4.67. The van der Waals surface area contributed by atoms with Gasteiger partial charge < -0.3 is 0 Å². The molecule has 100 valence electrons. The Bertz CT molecular complexity index is 544. The van der Waals surface area contributed by atoms with Gasteiger partial charge in [0.2, 0.25) is 0 Å². The summed E-state index contributed by atoms with van der Waals surface area (Å²) in [6.07, 6.45) is 3.90. The summed E-state index contributed by atoms with van der Waals surface area (Å²) in [5.41, 5.74) is 4.37. The van der Waals surface area contributed by atoms with Gasteiger partial charge in [-0.05, 0) is 47.9 Å². The largest absolute Gasteiger partial charge is 0.144 e. The van der Waals surface area contributed by atoms with Crippen LogP contribution in [0.3, 0.4) is 0 Å². The normalized spacial score (nSPS) is 15.8. The molecule has 0 amide bonds. The summed E-state index contributed by atoms with van der Waals surface area (Å²) in [5.74, 6) is 0.605. The van der Waals surface area contributed by atoms with Gasteiger partial charge in [-0.15, -0.1) is 11.3 Å². The number of alkyl halides is 1. The summed E-state index contributed by atoms with van der Waals surface area (Å²) in [6, 6.07) is 11.5. The van der Waals surface area contributed by atoms with E-state index in [0.29, 0.717) is 10.7 Å². The molecule has 1 aromatic heterocycles. The summed E-state index contributed by atoms with van der Waals surface area (Å²) in [7, 11) is 0. The molecule has 0 fully saturated rings. The van der Waals surface area contributed by atoms with Crippen LogP contribution in [0.5, 0.6) is 0 Å². The highest BCUT2D eigenvalue weighted by atomic mass is 79.9. The van der Waals surface area contributed by atoms with E-state index in [4.69, 9.17) is 0 Å². The molecule has 0 spiro atoms. The lowest BCUT2D eigenvalue weighted by molar-refractivity contribution is 0.865. The second kappa shape index (κ2) is 5.41. The van der Waals surface area contributed by atoms with Gasteiger partial charge >= 0.3 is 0 Å². The van der Waals surface area contributed by atoms with Crippen LogP contribution in [0.25, 0.3) is 0 Å². The van der Waals surface area contributed by atoms with Crippen LogP contribution in [0.1, 0.15) is 57.5 Å². The number of aryl methyl sites for hydroxylation is 2. The minimum atomic E-state index is 0.351. The van der Waals surface area contributed by atoms with Crippen LogP contribution < -0.4 is 0 Å². The molecule has 0 saturated carbocycles. The highest BCUT2D eigenvalue weighted by molar-refractivity contribution is 9.09. The predicted octanol–water partition coefficient (Wildman–Crippen LogP) is 5.84. The van der Waals surface area contributed by atoms with Gasteiger partial charge in [-0.3, -0.25) is 0 Å². The van der Waals surface area contributed by atoms with Gasteiger partial charge in [-0.25, -0.2) is 0 Å². The lowest BCUT2D eigenvalue weighted by atomic mass is 10.0. The zero-order chi connectivity index (χ0) is 13.4. The Balaban J connectivity index is 1.84. The molecular weight excluding hydrogens is 316 g/mol. The van der Waals surface area contributed by atoms with E-state index in [0.717, 1.165) is 0 Å². The van der Waals surface area contributed by atoms with E-state index in [1.165, 1.54) is 35.3 Å². The minimum Gasteiger partial charge on any atom is -0.144 e. The van der Waals surface area contributed by atoms with E-state index in [9.17, 15) is 0 Å². The first-order valence-corrected chi connectivity index (χ1v) is 8.74. The van der Waals surface area contributed by atoms with Crippen LogP contribution in [-0.2, 0) is 12.8 Å². The van der Waals surface area contributed by atoms with Crippen molar-refractivity contribution in [1.82, 2.24) is 0 Å². The Hall–Kier alpha value is -0.600. The van der Waals surface area contributed by atoms with E-state index in [2.05, 4.69) is 60.1 Å². The van der Waals surface area contributed by atoms with Gasteiger partial charge in [-0.2, -0.15) is 0 Å². The lowest BCUT2D eigenvalue weighted by Crippen LogP contribution is -1.92. The Kier molecular flexibility index (Phi) is 3.81. The van der Waals surface area contributed by atoms with E-state index < -0.39 is 0 Å². The summed E-state index contributed by atoms with van der Waals surface area (Å²) >= 11 is 5.86. The molecule has 3 rings (SSSR count). The van der Waals surface area contributed by atoms with Crippen molar-refractivity contribution in [3.05, 3.63) is 56.8 Å². The Morgan fingerprint density at radius 1 is 1.05 bits per heavy atom. The topological polar surface area (TPSA) is 0 Å². The lowest BCUT2D eigenvalue weighted by Gasteiger charge is -2.11. The number of benzene rings is 1. The molecule has 1 unspecified atom stereocenters. The van der Waals surface area contributed by atoms with Crippen molar-refractivity contribution in [2.24, 2.45) is 0 Å². The Morgan fingerprint density at radius 3 is 2.37 bits per heavy atom. The van der Waals surface area contributed by atoms with Crippen molar-refractivity contribution >= 4 is 27.3 Å². The molecule has 0 N–H and O–H groups in total. The number of hydrogen-bond donors (Lipinski definition) is 0. The van der Waals surface area contributed by atoms with Crippen LogP contribution in [0.2, 0.25) is 0 Å². The third kappa shape index (κ3) is 2.66. The monoisotopic (exact) mass is 334 g/mol. The van der Waals surface area contributed by atoms with E-state index >= 15 is 0 Å². The van der Waals surface area contributed by atoms with Crippen LogP contribution in [-0.4, -0.2) is 0 Å². The fourth-order valence-electron chi connectivity index (χ4n) is 2.69. The summed E-state index contributed by atoms with van der Waals surface area (Å²) in [4.78, 5) is 3.42. The molecule has 2 aromatic rings. The van der Waals surface area contributed by atoms with Gasteiger partial charge in [0.15, 0.2) is 0 Å². The van der Waals surface area contributed by atoms with Gasteiger partial charge in [0.05, 0.1) is 4.83 Å². The van der Waals surface area contributed by atoms with Crippen LogP contribution in [0.15, 0.2) is 30.3 Å². The third-order valence-electron chi connectivity index (χ3n) is 3.91. The fraction of sp³-hybridized carbons (Fsp3) is 0.412. The van der Waals surface area contributed by atoms with Gasteiger partial charge in [-0.1, -0.05) is 54.0 Å². The smallest absolute Gasteiger partial charge is 0.0738 e. The zero-order valence-electron chi connectivity index (χ0n) is 11.4.